The summed E-state index contributed by atoms with van der Waals surface area (Å²) < 4.78 is 26.4. The monoisotopic (exact) mass is 591 g/mol. The number of hydrogen-bond donors (Lipinski definition) is 2. The highest BCUT2D eigenvalue weighted by atomic mass is 79.9. The van der Waals surface area contributed by atoms with Gasteiger partial charge in [0.15, 0.2) is 18.1 Å². The van der Waals surface area contributed by atoms with Crippen molar-refractivity contribution in [2.24, 2.45) is 5.10 Å². The maximum Gasteiger partial charge on any atom is 0.271 e. The molecule has 3 aromatic rings. The maximum absolute atomic E-state index is 13.7. The van der Waals surface area contributed by atoms with Crippen LogP contribution in [0.5, 0.6) is 11.5 Å². The Hall–Kier alpha value is -3.24. The zero-order valence-electron chi connectivity index (χ0n) is 18.0. The molecule has 2 N–H and O–H groups in total. The minimum atomic E-state index is -0.539. The summed E-state index contributed by atoms with van der Waals surface area (Å²) in [6.45, 7) is 1.80. The van der Waals surface area contributed by atoms with Crippen LogP contribution in [0.25, 0.3) is 0 Å². The number of carbonyl (C=O) groups is 2. The lowest BCUT2D eigenvalue weighted by Crippen LogP contribution is -2.21. The van der Waals surface area contributed by atoms with Gasteiger partial charge in [0.05, 0.1) is 23.0 Å². The average Bonchev–Trinajstić information content (AvgIpc) is 2.80. The van der Waals surface area contributed by atoms with Crippen LogP contribution in [0.15, 0.2) is 74.7 Å². The molecule has 0 spiro atoms. The summed E-state index contributed by atoms with van der Waals surface area (Å²) in [7, 11) is 0. The van der Waals surface area contributed by atoms with Crippen molar-refractivity contribution >= 4 is 55.6 Å². The molecule has 3 rings (SSSR count). The Morgan fingerprint density at radius 3 is 2.50 bits per heavy atom. The number of benzene rings is 3. The molecule has 0 bridgehead atoms. The molecule has 34 heavy (non-hydrogen) atoms. The molecular weight excluding hydrogens is 573 g/mol. The van der Waals surface area contributed by atoms with E-state index in [0.29, 0.717) is 33.7 Å². The lowest BCUT2D eigenvalue weighted by atomic mass is 10.2. The van der Waals surface area contributed by atoms with Crippen molar-refractivity contribution < 1.29 is 23.5 Å². The van der Waals surface area contributed by atoms with E-state index in [9.17, 15) is 14.0 Å². The van der Waals surface area contributed by atoms with E-state index in [1.165, 1.54) is 24.4 Å². The van der Waals surface area contributed by atoms with Gasteiger partial charge in [-0.25, -0.2) is 9.82 Å². The molecule has 0 aromatic heterocycles. The molecule has 2 amide bonds. The van der Waals surface area contributed by atoms with E-state index in [0.717, 1.165) is 4.47 Å². The second kappa shape index (κ2) is 12.3. The quantitative estimate of drug-likeness (QED) is 0.252. The molecule has 0 aliphatic rings. The highest BCUT2D eigenvalue weighted by molar-refractivity contribution is 9.10. The third-order valence-electron chi connectivity index (χ3n) is 4.31. The number of nitrogens with one attached hydrogen (secondary N) is 2. The zero-order chi connectivity index (χ0) is 24.5. The summed E-state index contributed by atoms with van der Waals surface area (Å²) in [5.74, 6) is -0.741. The Morgan fingerprint density at radius 1 is 1.06 bits per heavy atom. The summed E-state index contributed by atoms with van der Waals surface area (Å²) >= 11 is 6.73. The predicted molar refractivity (Wildman–Crippen MR) is 135 cm³/mol. The van der Waals surface area contributed by atoms with Gasteiger partial charge in [0.1, 0.15) is 5.82 Å². The van der Waals surface area contributed by atoms with E-state index in [2.05, 4.69) is 47.7 Å². The first-order valence-corrected chi connectivity index (χ1v) is 11.7. The van der Waals surface area contributed by atoms with Gasteiger partial charge in [-0.3, -0.25) is 9.59 Å². The minimum absolute atomic E-state index is 0.0666. The second-order valence-corrected chi connectivity index (χ2v) is 8.56. The predicted octanol–water partition coefficient (Wildman–Crippen LogP) is 5.53. The normalized spacial score (nSPS) is 10.7. The van der Waals surface area contributed by atoms with Gasteiger partial charge in [0.2, 0.25) is 0 Å². The van der Waals surface area contributed by atoms with E-state index in [1.54, 1.807) is 42.5 Å². The molecule has 0 radical (unpaired) electrons. The fourth-order valence-electron chi connectivity index (χ4n) is 2.78. The SMILES string of the molecule is CCOc1cc(/C=N/NC(=O)c2ccc(Br)cc2)cc(Br)c1OCC(=O)Nc1ccccc1F. The van der Waals surface area contributed by atoms with Gasteiger partial charge in [-0.05, 0) is 76.9 Å². The van der Waals surface area contributed by atoms with Crippen molar-refractivity contribution in [1.29, 1.82) is 0 Å². The van der Waals surface area contributed by atoms with Crippen molar-refractivity contribution in [3.05, 3.63) is 86.6 Å². The van der Waals surface area contributed by atoms with Crippen LogP contribution in [-0.2, 0) is 4.79 Å². The average molecular weight is 593 g/mol. The molecule has 0 aliphatic heterocycles. The summed E-state index contributed by atoms with van der Waals surface area (Å²) in [6, 6.07) is 16.1. The fraction of sp³-hybridized carbons (Fsp3) is 0.125. The molecule has 0 fully saturated rings. The highest BCUT2D eigenvalue weighted by Gasteiger charge is 2.15. The lowest BCUT2D eigenvalue weighted by molar-refractivity contribution is -0.118. The summed E-state index contributed by atoms with van der Waals surface area (Å²) in [5, 5.41) is 6.45. The molecule has 3 aromatic carbocycles. The third kappa shape index (κ3) is 7.13. The summed E-state index contributed by atoms with van der Waals surface area (Å²) in [4.78, 5) is 24.4. The van der Waals surface area contributed by atoms with Crippen molar-refractivity contribution in [2.45, 2.75) is 6.92 Å². The van der Waals surface area contributed by atoms with Crippen molar-refractivity contribution in [3.63, 3.8) is 0 Å². The van der Waals surface area contributed by atoms with Crippen molar-refractivity contribution in [1.82, 2.24) is 5.43 Å². The molecule has 0 aliphatic carbocycles. The Balaban J connectivity index is 1.66. The van der Waals surface area contributed by atoms with Crippen LogP contribution < -0.4 is 20.2 Å². The van der Waals surface area contributed by atoms with E-state index in [1.807, 2.05) is 6.92 Å². The molecule has 0 saturated heterocycles. The Kier molecular flexibility index (Phi) is 9.17. The minimum Gasteiger partial charge on any atom is -0.490 e. The van der Waals surface area contributed by atoms with Gasteiger partial charge in [-0.1, -0.05) is 28.1 Å². The van der Waals surface area contributed by atoms with Crippen LogP contribution in [-0.4, -0.2) is 31.2 Å². The van der Waals surface area contributed by atoms with Crippen LogP contribution in [0.4, 0.5) is 10.1 Å². The van der Waals surface area contributed by atoms with Crippen molar-refractivity contribution in [2.75, 3.05) is 18.5 Å². The number of amides is 2. The molecule has 10 heteroatoms. The van der Waals surface area contributed by atoms with E-state index in [-0.39, 0.29) is 18.2 Å². The van der Waals surface area contributed by atoms with E-state index in [4.69, 9.17) is 9.47 Å². The standard InChI is InChI=1S/C24H20Br2FN3O4/c1-2-33-21-12-15(13-28-30-24(32)16-7-9-17(25)10-8-16)11-18(26)23(21)34-14-22(31)29-20-6-4-3-5-19(20)27/h3-13H,2,14H2,1H3,(H,29,31)(H,30,32)/b28-13+. The first-order chi connectivity index (χ1) is 16.4. The van der Waals surface area contributed by atoms with E-state index < -0.39 is 11.7 Å². The first kappa shape index (κ1) is 25.4. The van der Waals surface area contributed by atoms with E-state index >= 15 is 0 Å². The van der Waals surface area contributed by atoms with Gasteiger partial charge in [-0.15, -0.1) is 0 Å². The Morgan fingerprint density at radius 2 is 1.79 bits per heavy atom. The second-order valence-electron chi connectivity index (χ2n) is 6.79. The molecule has 7 nitrogen and oxygen atoms in total. The van der Waals surface area contributed by atoms with Crippen LogP contribution in [0.3, 0.4) is 0 Å². The van der Waals surface area contributed by atoms with Gasteiger partial charge < -0.3 is 14.8 Å². The molecule has 176 valence electrons. The van der Waals surface area contributed by atoms with Crippen LogP contribution in [0, 0.1) is 5.82 Å². The number of para-hydroxylation sites is 1. The van der Waals surface area contributed by atoms with Gasteiger partial charge >= 0.3 is 0 Å². The lowest BCUT2D eigenvalue weighted by Gasteiger charge is -2.14. The number of nitrogens with zero attached hydrogens (tertiary/aromatic N) is 1. The molecule has 0 heterocycles. The summed E-state index contributed by atoms with van der Waals surface area (Å²) in [5.41, 5.74) is 3.62. The van der Waals surface area contributed by atoms with Gasteiger partial charge in [0, 0.05) is 10.0 Å². The fourth-order valence-corrected chi connectivity index (χ4v) is 3.62. The molecule has 0 atom stereocenters. The number of ether oxygens (including phenoxy) is 2. The number of halogens is 3. The number of carbonyl (C=O) groups excluding carboxylic acids is 2. The Bertz CT molecular complexity index is 1200. The number of rotatable bonds is 9. The molecule has 0 saturated carbocycles. The van der Waals surface area contributed by atoms with Gasteiger partial charge in [0.25, 0.3) is 11.8 Å². The Labute approximate surface area is 212 Å². The molecular formula is C24H20Br2FN3O4. The number of hydrogen-bond acceptors (Lipinski definition) is 5. The largest absolute Gasteiger partial charge is 0.490 e. The topological polar surface area (TPSA) is 89.0 Å². The smallest absolute Gasteiger partial charge is 0.271 e. The summed E-state index contributed by atoms with van der Waals surface area (Å²) in [6.07, 6.45) is 1.46. The highest BCUT2D eigenvalue weighted by Crippen LogP contribution is 2.36. The number of anilines is 1. The number of hydrazone groups is 1. The van der Waals surface area contributed by atoms with Gasteiger partial charge in [-0.2, -0.15) is 5.10 Å². The van der Waals surface area contributed by atoms with Crippen LogP contribution in [0.1, 0.15) is 22.8 Å². The van der Waals surface area contributed by atoms with Crippen molar-refractivity contribution in [3.8, 4) is 11.5 Å². The van der Waals surface area contributed by atoms with Crippen LogP contribution >= 0.6 is 31.9 Å². The molecule has 0 unspecified atom stereocenters. The zero-order valence-corrected chi connectivity index (χ0v) is 21.2. The van der Waals surface area contributed by atoms with Crippen LogP contribution in [0.2, 0.25) is 0 Å². The maximum atomic E-state index is 13.7. The first-order valence-electron chi connectivity index (χ1n) is 10.1. The third-order valence-corrected chi connectivity index (χ3v) is 5.43.